The molecule has 138 valence electrons. The van der Waals surface area contributed by atoms with Crippen LogP contribution in [0.15, 0.2) is 48.5 Å². The topological polar surface area (TPSA) is 67.9 Å². The maximum absolute atomic E-state index is 12.3. The van der Waals surface area contributed by atoms with E-state index in [-0.39, 0.29) is 0 Å². The van der Waals surface area contributed by atoms with E-state index in [0.717, 1.165) is 16.7 Å². The first-order valence-electron chi connectivity index (χ1n) is 8.10. The maximum Gasteiger partial charge on any atom is 0.228 e. The summed E-state index contributed by atoms with van der Waals surface area (Å²) in [4.78, 5) is 0. The van der Waals surface area contributed by atoms with Gasteiger partial charge in [0, 0.05) is 5.56 Å². The lowest BCUT2D eigenvalue weighted by molar-refractivity contribution is 0.350. The van der Waals surface area contributed by atoms with Gasteiger partial charge in [-0.1, -0.05) is 29.8 Å². The van der Waals surface area contributed by atoms with Gasteiger partial charge < -0.3 is 14.9 Å². The number of nitrogens with zero attached hydrogens (tertiary/aromatic N) is 1. The van der Waals surface area contributed by atoms with E-state index in [1.807, 2.05) is 49.4 Å². The lowest BCUT2D eigenvalue weighted by Gasteiger charge is -2.23. The minimum absolute atomic E-state index is 0.423. The van der Waals surface area contributed by atoms with E-state index >= 15 is 0 Å². The average molecular weight is 374 g/mol. The largest absolute Gasteiger partial charge is 0.493 e. The fourth-order valence-electron chi connectivity index (χ4n) is 2.90. The van der Waals surface area contributed by atoms with Crippen LogP contribution in [0.25, 0.3) is 5.70 Å². The van der Waals surface area contributed by atoms with Crippen LogP contribution >= 0.6 is 0 Å². The molecule has 1 N–H and O–H groups in total. The van der Waals surface area contributed by atoms with Crippen LogP contribution in [-0.4, -0.2) is 33.3 Å². The molecule has 0 bridgehead atoms. The van der Waals surface area contributed by atoms with Gasteiger partial charge in [0.05, 0.1) is 32.2 Å². The molecule has 0 unspecified atom stereocenters. The molecule has 0 amide bonds. The molecule has 0 aromatic heterocycles. The number of ether oxygens (including phenoxy) is 2. The second-order valence-electron chi connectivity index (χ2n) is 6.18. The Bertz CT molecular complexity index is 937. The Morgan fingerprint density at radius 2 is 1.65 bits per heavy atom. The SMILES string of the molecule is COc1ccc(C2=C[C@H](c3ccc(C)cc3)N(S(C)(=O)=O)N2)cc1OC. The van der Waals surface area contributed by atoms with Gasteiger partial charge in [-0.25, -0.2) is 8.42 Å². The Kier molecular flexibility index (Phi) is 4.93. The minimum atomic E-state index is -3.47. The van der Waals surface area contributed by atoms with Gasteiger partial charge in [-0.2, -0.15) is 0 Å². The first-order valence-corrected chi connectivity index (χ1v) is 9.95. The van der Waals surface area contributed by atoms with Gasteiger partial charge in [0.25, 0.3) is 0 Å². The van der Waals surface area contributed by atoms with Crippen molar-refractivity contribution in [1.82, 2.24) is 9.84 Å². The van der Waals surface area contributed by atoms with Crippen molar-refractivity contribution < 1.29 is 17.9 Å². The van der Waals surface area contributed by atoms with Gasteiger partial charge in [0.1, 0.15) is 0 Å². The van der Waals surface area contributed by atoms with Gasteiger partial charge >= 0.3 is 0 Å². The summed E-state index contributed by atoms with van der Waals surface area (Å²) in [6, 6.07) is 12.9. The van der Waals surface area contributed by atoms with E-state index in [2.05, 4.69) is 5.43 Å². The number of aryl methyl sites for hydroxylation is 1. The van der Waals surface area contributed by atoms with Crippen LogP contribution in [0.5, 0.6) is 11.5 Å². The smallest absolute Gasteiger partial charge is 0.228 e. The molecule has 7 heteroatoms. The predicted octanol–water partition coefficient (Wildman–Crippen LogP) is 2.87. The third-order valence-electron chi connectivity index (χ3n) is 4.28. The molecule has 6 nitrogen and oxygen atoms in total. The first kappa shape index (κ1) is 18.3. The zero-order valence-electron chi connectivity index (χ0n) is 15.2. The highest BCUT2D eigenvalue weighted by Gasteiger charge is 2.33. The molecule has 2 aromatic rings. The Hall–Kier alpha value is -2.51. The molecule has 3 rings (SSSR count). The molecule has 1 atom stereocenters. The molecule has 0 saturated carbocycles. The maximum atomic E-state index is 12.3. The lowest BCUT2D eigenvalue weighted by Crippen LogP contribution is -2.38. The number of benzene rings is 2. The monoisotopic (exact) mass is 374 g/mol. The number of nitrogens with one attached hydrogen (secondary N) is 1. The van der Waals surface area contributed by atoms with Crippen molar-refractivity contribution in [2.75, 3.05) is 20.5 Å². The zero-order chi connectivity index (χ0) is 18.9. The Morgan fingerprint density at radius 3 is 2.23 bits per heavy atom. The molecule has 1 aliphatic heterocycles. The Morgan fingerprint density at radius 1 is 1.00 bits per heavy atom. The molecule has 1 aliphatic rings. The molecule has 0 aliphatic carbocycles. The minimum Gasteiger partial charge on any atom is -0.493 e. The summed E-state index contributed by atoms with van der Waals surface area (Å²) in [5.41, 5.74) is 6.53. The fourth-order valence-corrected chi connectivity index (χ4v) is 3.76. The van der Waals surface area contributed by atoms with Crippen LogP contribution < -0.4 is 14.9 Å². The van der Waals surface area contributed by atoms with E-state index in [1.165, 1.54) is 10.7 Å². The van der Waals surface area contributed by atoms with Crippen molar-refractivity contribution in [3.8, 4) is 11.5 Å². The van der Waals surface area contributed by atoms with Crippen LogP contribution in [-0.2, 0) is 10.0 Å². The van der Waals surface area contributed by atoms with Gasteiger partial charge in [-0.15, -0.1) is 4.41 Å². The lowest BCUT2D eigenvalue weighted by atomic mass is 10.0. The van der Waals surface area contributed by atoms with Crippen molar-refractivity contribution >= 4 is 15.7 Å². The molecular weight excluding hydrogens is 352 g/mol. The zero-order valence-corrected chi connectivity index (χ0v) is 16.0. The highest BCUT2D eigenvalue weighted by molar-refractivity contribution is 7.88. The van der Waals surface area contributed by atoms with E-state index in [0.29, 0.717) is 17.2 Å². The van der Waals surface area contributed by atoms with E-state index < -0.39 is 16.1 Å². The molecule has 1 heterocycles. The molecule has 0 radical (unpaired) electrons. The second-order valence-corrected chi connectivity index (χ2v) is 8.04. The first-order chi connectivity index (χ1) is 12.3. The third kappa shape index (κ3) is 3.54. The fraction of sp³-hybridized carbons (Fsp3) is 0.263. The third-order valence-corrected chi connectivity index (χ3v) is 5.31. The van der Waals surface area contributed by atoms with Crippen molar-refractivity contribution in [3.05, 3.63) is 65.2 Å². The van der Waals surface area contributed by atoms with Gasteiger partial charge in [-0.3, -0.25) is 0 Å². The number of rotatable bonds is 5. The highest BCUT2D eigenvalue weighted by atomic mass is 32.2. The number of hydrazine groups is 1. The number of sulfonamides is 1. The highest BCUT2D eigenvalue weighted by Crippen LogP contribution is 2.36. The Labute approximate surface area is 154 Å². The van der Waals surface area contributed by atoms with Crippen LogP contribution in [0.4, 0.5) is 0 Å². The average Bonchev–Trinajstić information content (AvgIpc) is 3.07. The molecule has 2 aromatic carbocycles. The van der Waals surface area contributed by atoms with E-state index in [9.17, 15) is 8.42 Å². The number of methoxy groups -OCH3 is 2. The van der Waals surface area contributed by atoms with Crippen LogP contribution in [0.2, 0.25) is 0 Å². The summed E-state index contributed by atoms with van der Waals surface area (Å²) in [6.07, 6.45) is 3.08. The molecule has 0 spiro atoms. The summed E-state index contributed by atoms with van der Waals surface area (Å²) < 4.78 is 36.4. The van der Waals surface area contributed by atoms with Crippen LogP contribution in [0.3, 0.4) is 0 Å². The summed E-state index contributed by atoms with van der Waals surface area (Å²) in [5, 5.41) is 0. The summed E-state index contributed by atoms with van der Waals surface area (Å²) in [6.45, 7) is 2.00. The molecule has 0 fully saturated rings. The summed E-state index contributed by atoms with van der Waals surface area (Å²) >= 11 is 0. The van der Waals surface area contributed by atoms with Crippen molar-refractivity contribution in [3.63, 3.8) is 0 Å². The van der Waals surface area contributed by atoms with E-state index in [1.54, 1.807) is 20.3 Å². The van der Waals surface area contributed by atoms with Gasteiger partial charge in [0.15, 0.2) is 11.5 Å². The normalized spacial score (nSPS) is 17.5. The Balaban J connectivity index is 2.03. The van der Waals surface area contributed by atoms with Crippen LogP contribution in [0, 0.1) is 6.92 Å². The molecular formula is C19H22N2O4S. The standard InChI is InChI=1S/C19H22N2O4S/c1-13-5-7-14(8-6-13)17-12-16(20-21(17)26(4,22)23)15-9-10-18(24-2)19(11-15)25-3/h5-12,17,20H,1-4H3/t17-/m1/s1. The number of hydrogen-bond donors (Lipinski definition) is 1. The van der Waals surface area contributed by atoms with Gasteiger partial charge in [0.2, 0.25) is 10.0 Å². The molecule has 26 heavy (non-hydrogen) atoms. The van der Waals surface area contributed by atoms with Crippen LogP contribution in [0.1, 0.15) is 22.7 Å². The summed E-state index contributed by atoms with van der Waals surface area (Å²) in [7, 11) is -0.327. The van der Waals surface area contributed by atoms with Crippen molar-refractivity contribution in [2.24, 2.45) is 0 Å². The summed E-state index contributed by atoms with van der Waals surface area (Å²) in [5.74, 6) is 1.20. The van der Waals surface area contributed by atoms with Crippen molar-refractivity contribution in [2.45, 2.75) is 13.0 Å². The quantitative estimate of drug-likeness (QED) is 0.872. The van der Waals surface area contributed by atoms with E-state index in [4.69, 9.17) is 9.47 Å². The van der Waals surface area contributed by atoms with Crippen molar-refractivity contribution in [1.29, 1.82) is 0 Å². The predicted molar refractivity (Wildman–Crippen MR) is 101 cm³/mol. The second kappa shape index (κ2) is 7.01. The van der Waals surface area contributed by atoms with Gasteiger partial charge in [-0.05, 0) is 36.8 Å². The number of hydrogen-bond acceptors (Lipinski definition) is 5. The molecule has 0 saturated heterocycles.